The normalized spacial score (nSPS) is 12.4. The number of fused-ring (bicyclic) bond motifs is 4. The van der Waals surface area contributed by atoms with E-state index in [0.29, 0.717) is 94.7 Å². The molecule has 0 saturated carbocycles. The summed E-state index contributed by atoms with van der Waals surface area (Å²) in [5.41, 5.74) is 15.5. The average molecular weight is 1050 g/mol. The molecule has 8 aromatic rings. The van der Waals surface area contributed by atoms with Gasteiger partial charge in [0.2, 0.25) is 0 Å². The lowest BCUT2D eigenvalue weighted by Gasteiger charge is -2.20. The van der Waals surface area contributed by atoms with Crippen LogP contribution in [0, 0.1) is 0 Å². The number of nitrogens with one attached hydrogen (secondary N) is 2. The highest BCUT2D eigenvalue weighted by Gasteiger charge is 2.28. The van der Waals surface area contributed by atoms with Gasteiger partial charge in [0.1, 0.15) is 31.4 Å². The Morgan fingerprint density at radius 2 is 1.23 bits per heavy atom. The third-order valence-electron chi connectivity index (χ3n) is 9.92. The van der Waals surface area contributed by atoms with Crippen molar-refractivity contribution in [1.82, 2.24) is 59.4 Å². The number of rotatable bonds is 14. The molecule has 8 N–H and O–H groups in total. The number of carbonyl (C=O) groups excluding carboxylic acids is 2. The number of aliphatic hydroxyl groups excluding tert-OH is 2. The molecule has 0 aliphatic rings. The fourth-order valence-electron chi connectivity index (χ4n) is 7.18. The Bertz CT molecular complexity index is 3030. The molecule has 2 aromatic carbocycles. The molecule has 64 heavy (non-hydrogen) atoms. The second-order valence-corrected chi connectivity index (χ2v) is 16.3. The Morgan fingerprint density at radius 3 is 1.75 bits per heavy atom. The average Bonchev–Trinajstić information content (AvgIpc) is 3.99. The zero-order chi connectivity index (χ0) is 46.0. The van der Waals surface area contributed by atoms with Crippen LogP contribution in [0.3, 0.4) is 0 Å². The maximum atomic E-state index is 13.1. The molecule has 0 aliphatic carbocycles. The van der Waals surface area contributed by atoms with Crippen molar-refractivity contribution in [2.24, 2.45) is 0 Å². The van der Waals surface area contributed by atoms with Gasteiger partial charge in [-0.25, -0.2) is 19.0 Å². The molecular weight excluding hydrogens is 1000 g/mol. The van der Waals surface area contributed by atoms with E-state index in [1.807, 2.05) is 27.7 Å². The van der Waals surface area contributed by atoms with E-state index < -0.39 is 23.9 Å². The first-order valence-electron chi connectivity index (χ1n) is 19.8. The van der Waals surface area contributed by atoms with Crippen LogP contribution in [0.25, 0.3) is 33.1 Å². The van der Waals surface area contributed by atoms with E-state index in [1.165, 1.54) is 9.03 Å². The lowest BCUT2D eigenvalue weighted by molar-refractivity contribution is 0.0933. The fourth-order valence-corrected chi connectivity index (χ4v) is 9.25. The van der Waals surface area contributed by atoms with Crippen LogP contribution in [0.1, 0.15) is 71.6 Å². The lowest BCUT2D eigenvalue weighted by Crippen LogP contribution is -2.28. The van der Waals surface area contributed by atoms with E-state index >= 15 is 0 Å². The van der Waals surface area contributed by atoms with Crippen molar-refractivity contribution in [3.8, 4) is 11.5 Å². The van der Waals surface area contributed by atoms with Gasteiger partial charge >= 0.3 is 0 Å². The van der Waals surface area contributed by atoms with Gasteiger partial charge in [-0.3, -0.25) is 19.0 Å². The Kier molecular flexibility index (Phi) is 14.1. The number of nitrogens with two attached hydrogens (primary N) is 2. The highest BCUT2D eigenvalue weighted by Crippen LogP contribution is 2.43. The minimum atomic E-state index is -0.500. The van der Waals surface area contributed by atoms with Gasteiger partial charge in [-0.2, -0.15) is 10.2 Å². The Hall–Kier alpha value is -5.78. The standard InChI is InChI=1S/2C20H21BrClN7O3/c1-3-32-16-11(9-12(22)13-15(16)28(7-8-30)26-17(13)21)10(2)25-20(31)14-18(23)27-29-6-4-5-24-19(14)29;1-3-32-16-11(9-12(22)13-15(16)26-28(7-8-30)17(13)21)10(2)25-20(31)14-18(23)27-29-6-4-5-24-19(14)29/h2*4-6,9-10,30H,3,7-8H2,1-2H3,(H2,23,27)(H,25,31). The monoisotopic (exact) mass is 1040 g/mol. The summed E-state index contributed by atoms with van der Waals surface area (Å²) in [6, 6.07) is 5.89. The molecule has 0 fully saturated rings. The first-order valence-corrected chi connectivity index (χ1v) is 22.1. The summed E-state index contributed by atoms with van der Waals surface area (Å²) in [5.74, 6) is 0.345. The summed E-state index contributed by atoms with van der Waals surface area (Å²) in [4.78, 5) is 34.6. The van der Waals surface area contributed by atoms with Crippen LogP contribution in [-0.4, -0.2) is 97.2 Å². The number of aliphatic hydroxyl groups is 2. The van der Waals surface area contributed by atoms with Crippen molar-refractivity contribution >= 4 is 112 Å². The molecule has 8 rings (SSSR count). The Morgan fingerprint density at radius 1 is 0.750 bits per heavy atom. The van der Waals surface area contributed by atoms with Crippen LogP contribution in [0.15, 0.2) is 58.3 Å². The van der Waals surface area contributed by atoms with E-state index in [4.69, 9.17) is 44.1 Å². The molecule has 0 aliphatic heterocycles. The van der Waals surface area contributed by atoms with Gasteiger partial charge in [0, 0.05) is 35.9 Å². The number of nitrogen functional groups attached to an aromatic ring is 2. The number of ether oxygens (including phenoxy) is 2. The SMILES string of the molecule is CCOc1c(C(C)NC(=O)c2c(N)nn3cccnc23)cc(Cl)c2c(Br)n(CCO)nc12.CCOc1c(C(C)NC(=O)c2c(N)nn3cccnc23)cc(Cl)c2c(Br)nn(CCO)c12. The Balaban J connectivity index is 0.000000191. The third kappa shape index (κ3) is 8.72. The van der Waals surface area contributed by atoms with E-state index in [-0.39, 0.29) is 42.5 Å². The minimum Gasteiger partial charge on any atom is -0.491 e. The smallest absolute Gasteiger partial charge is 0.259 e. The summed E-state index contributed by atoms with van der Waals surface area (Å²) in [6.45, 7) is 8.48. The zero-order valence-corrected chi connectivity index (χ0v) is 39.4. The second-order valence-electron chi connectivity index (χ2n) is 14.0. The predicted octanol–water partition coefficient (Wildman–Crippen LogP) is 5.92. The largest absolute Gasteiger partial charge is 0.491 e. The fraction of sp³-hybridized carbons (Fsp3) is 0.300. The molecule has 24 heteroatoms. The predicted molar refractivity (Wildman–Crippen MR) is 248 cm³/mol. The molecule has 0 saturated heterocycles. The molecule has 336 valence electrons. The van der Waals surface area contributed by atoms with Crippen LogP contribution < -0.4 is 31.6 Å². The van der Waals surface area contributed by atoms with Crippen LogP contribution in [-0.2, 0) is 13.1 Å². The summed E-state index contributed by atoms with van der Waals surface area (Å²) < 4.78 is 19.2. The van der Waals surface area contributed by atoms with Gasteiger partial charge in [-0.05, 0) is 83.8 Å². The van der Waals surface area contributed by atoms with Crippen molar-refractivity contribution < 1.29 is 29.3 Å². The molecule has 2 atom stereocenters. The number of aromatic nitrogens is 10. The number of hydrogen-bond donors (Lipinski definition) is 6. The highest BCUT2D eigenvalue weighted by molar-refractivity contribution is 9.10. The van der Waals surface area contributed by atoms with Crippen LogP contribution >= 0.6 is 55.1 Å². The Labute approximate surface area is 391 Å². The topological polar surface area (TPSA) is 265 Å². The molecule has 0 radical (unpaired) electrons. The maximum absolute atomic E-state index is 13.1. The van der Waals surface area contributed by atoms with Crippen LogP contribution in [0.2, 0.25) is 10.0 Å². The minimum absolute atomic E-state index is 0.0804. The van der Waals surface area contributed by atoms with Gasteiger partial charge in [-0.1, -0.05) is 23.2 Å². The quantitative estimate of drug-likeness (QED) is 0.0739. The first kappa shape index (κ1) is 46.2. The van der Waals surface area contributed by atoms with Gasteiger partial charge < -0.3 is 41.8 Å². The van der Waals surface area contributed by atoms with Crippen molar-refractivity contribution in [1.29, 1.82) is 0 Å². The van der Waals surface area contributed by atoms with E-state index in [0.717, 1.165) is 0 Å². The van der Waals surface area contributed by atoms with Gasteiger partial charge in [0.15, 0.2) is 34.4 Å². The number of carbonyl (C=O) groups is 2. The summed E-state index contributed by atoms with van der Waals surface area (Å²) in [6.07, 6.45) is 6.47. The van der Waals surface area contributed by atoms with Crippen LogP contribution in [0.4, 0.5) is 11.6 Å². The van der Waals surface area contributed by atoms with Crippen molar-refractivity contribution in [2.45, 2.75) is 52.9 Å². The summed E-state index contributed by atoms with van der Waals surface area (Å²) in [5, 5.41) is 44.1. The molecule has 2 unspecified atom stereocenters. The molecule has 20 nitrogen and oxygen atoms in total. The number of halogens is 4. The van der Waals surface area contributed by atoms with Crippen molar-refractivity contribution in [3.63, 3.8) is 0 Å². The van der Waals surface area contributed by atoms with Crippen molar-refractivity contribution in [3.05, 3.63) is 90.6 Å². The molecule has 6 heterocycles. The summed E-state index contributed by atoms with van der Waals surface area (Å²) in [7, 11) is 0. The van der Waals surface area contributed by atoms with E-state index in [2.05, 4.69) is 72.9 Å². The number of nitrogens with zero attached hydrogens (tertiary/aromatic N) is 10. The highest BCUT2D eigenvalue weighted by atomic mass is 79.9. The third-order valence-corrected chi connectivity index (χ3v) is 11.9. The summed E-state index contributed by atoms with van der Waals surface area (Å²) >= 11 is 20.1. The number of anilines is 2. The number of benzene rings is 2. The van der Waals surface area contributed by atoms with Gasteiger partial charge in [-0.15, -0.1) is 10.2 Å². The maximum Gasteiger partial charge on any atom is 0.259 e. The van der Waals surface area contributed by atoms with Crippen LogP contribution in [0.5, 0.6) is 11.5 Å². The zero-order valence-electron chi connectivity index (χ0n) is 34.7. The second kappa shape index (κ2) is 19.5. The number of amides is 2. The van der Waals surface area contributed by atoms with Crippen molar-refractivity contribution in [2.75, 3.05) is 37.9 Å². The number of hydrogen-bond acceptors (Lipinski definition) is 14. The molecule has 0 spiro atoms. The van der Waals surface area contributed by atoms with E-state index in [1.54, 1.807) is 58.4 Å². The van der Waals surface area contributed by atoms with Gasteiger partial charge in [0.05, 0.1) is 72.4 Å². The van der Waals surface area contributed by atoms with E-state index in [9.17, 15) is 19.8 Å². The molecule has 6 aromatic heterocycles. The van der Waals surface area contributed by atoms with Gasteiger partial charge in [0.25, 0.3) is 11.8 Å². The lowest BCUT2D eigenvalue weighted by atomic mass is 10.0. The molecule has 0 bridgehead atoms. The molecular formula is C40H42Br2Cl2N14O6. The molecule has 2 amide bonds. The first-order chi connectivity index (χ1) is 30.7.